The van der Waals surface area contributed by atoms with Gasteiger partial charge in [0.25, 0.3) is 5.79 Å². The van der Waals surface area contributed by atoms with Gasteiger partial charge in [-0.05, 0) is 0 Å². The Labute approximate surface area is 674 Å². The van der Waals surface area contributed by atoms with Crippen LogP contribution in [0.15, 0.2) is 0 Å². The van der Waals surface area contributed by atoms with Gasteiger partial charge in [-0.1, -0.05) is 0 Å². The van der Waals surface area contributed by atoms with Crippen molar-refractivity contribution in [3.8, 4) is 0 Å². The van der Waals surface area contributed by atoms with Gasteiger partial charge in [-0.3, -0.25) is 0 Å². The maximum Gasteiger partial charge on any atom is 0.367 e. The van der Waals surface area contributed by atoms with Gasteiger partial charge in [0.05, 0.1) is 59.5 Å². The lowest BCUT2D eigenvalue weighted by molar-refractivity contribution is -0.383. The molecule has 0 amide bonds. The molecule has 712 valence electrons. The molecule has 121 heavy (non-hydrogen) atoms. The van der Waals surface area contributed by atoms with Crippen molar-refractivity contribution in [1.82, 2.24) is 0 Å². The van der Waals surface area contributed by atoms with E-state index in [2.05, 4.69) is 18.9 Å². The monoisotopic (exact) mass is 1800 g/mol. The summed E-state index contributed by atoms with van der Waals surface area (Å²) >= 11 is 0. The zero-order chi connectivity index (χ0) is 92.9. The molecule has 45 atom stereocenters. The highest BCUT2D eigenvalue weighted by molar-refractivity contribution is 5.78. The number of ether oxygens (including phenoxy) is 13. The quantitative estimate of drug-likeness (QED) is 0.0507. The van der Waals surface area contributed by atoms with E-state index >= 15 is 0 Å². The van der Waals surface area contributed by atoms with E-state index in [9.17, 15) is 116 Å². The van der Waals surface area contributed by atoms with Crippen LogP contribution in [0.4, 0.5) is 0 Å². The molecule has 10 heterocycles. The van der Waals surface area contributed by atoms with Gasteiger partial charge < -0.3 is 286 Å². The number of aliphatic hydroxyl groups excluding tert-OH is 38. The van der Waals surface area contributed by atoms with Crippen molar-refractivity contribution in [2.24, 2.45) is 0 Å². The average Bonchev–Trinajstić information content (AvgIpc) is 1.63. The molecule has 0 spiro atoms. The first-order valence-corrected chi connectivity index (χ1v) is 35.3. The molecule has 10 aliphatic heterocycles. The molecule has 0 radical (unpaired) electrons. The number of aliphatic hydroxyl groups is 40. The summed E-state index contributed by atoms with van der Waals surface area (Å²) in [5.41, 5.74) is 0. The lowest BCUT2D eigenvalue weighted by Crippen LogP contribution is -2.63. The van der Waals surface area contributed by atoms with E-state index in [4.69, 9.17) is 170 Å². The minimum atomic E-state index is -2.90. The molecule has 0 saturated carbocycles. The standard InChI is InChI=1S/2C12H20O12.C12H22O11.2C6H10O7.2C6H12O6/c13-1-3-4(15)9(19)12(2-14,23-3)24-11-7(18)5(16)6(17)8(22-11)10(20)21;13-1-3-5(15)7(17)8(18)10(22-3)24-12(11(20)21)9(19)6(16)4(2-14)23-12;13-1-4-6(16)8(18)9(19)11(21-4)23-12(3-15)10(20)7(17)5(2-14)22-12;7-1-2-3(8)4(9)6(12,13-2)5(10)11;7-1-2(8)4(5(10)11)13-6(12)3(1)9;7-1-3-4(9)5(10)6(11,2-8)12-3;7-1-2-3(8)4(9)5(10)6(11)12-2/h3-9,11,13-19H,1-2H2,(H,20,21);3-10,13-19H,1-2H2,(H,20,21);4-11,13-20H,1-3H2;2-4,7-9,12H,1H2,(H,10,11);1-4,6-9,12H,(H,10,11);3-5,7-11H,1-2H2;2-11H,1H2/t3-,4-,5+,6+,7-,8+,9+,11-,12+;3-,4-,5-,6-,7+,8-,9+,10-,12-;4-,5-,6-,7-,8+,9-,10+,11-,12+;2-,3-,4+,6+;1-,2-,3+,4-,6-;3-,4-,5+,6-;2-,3-,4+,5-,6+/m1111011/s1. The average molecular weight is 1800 g/mol. The van der Waals surface area contributed by atoms with E-state index in [0.717, 1.165) is 0 Å². The molecule has 0 unspecified atom stereocenters. The van der Waals surface area contributed by atoms with E-state index < -0.39 is 371 Å². The largest absolute Gasteiger partial charge is 0.479 e. The van der Waals surface area contributed by atoms with E-state index in [1.54, 1.807) is 0 Å². The molecule has 0 aromatic heterocycles. The second-order valence-corrected chi connectivity index (χ2v) is 27.7. The fourth-order valence-corrected chi connectivity index (χ4v) is 12.3. The normalized spacial score (nSPS) is 48.7. The van der Waals surface area contributed by atoms with E-state index in [1.807, 2.05) is 0 Å². The van der Waals surface area contributed by atoms with Crippen LogP contribution in [-0.4, -0.2) is 595 Å². The van der Waals surface area contributed by atoms with Crippen molar-refractivity contribution in [2.75, 3.05) is 72.7 Å². The zero-order valence-corrected chi connectivity index (χ0v) is 62.0. The van der Waals surface area contributed by atoms with Crippen LogP contribution in [0.25, 0.3) is 0 Å². The van der Waals surface area contributed by atoms with Crippen LogP contribution >= 0.6 is 0 Å². The van der Waals surface area contributed by atoms with Crippen LogP contribution in [0.2, 0.25) is 0 Å². The number of aliphatic carboxylic acids is 4. The summed E-state index contributed by atoms with van der Waals surface area (Å²) in [5.74, 6) is -19.3. The molecular weight excluding hydrogens is 1700 g/mol. The van der Waals surface area contributed by atoms with Crippen molar-refractivity contribution < 1.29 is 305 Å². The molecule has 44 N–H and O–H groups in total. The molecule has 10 rings (SSSR count). The van der Waals surface area contributed by atoms with Crippen LogP contribution in [0.5, 0.6) is 0 Å². The Balaban J connectivity index is 0.000000303. The van der Waals surface area contributed by atoms with Gasteiger partial charge in [-0.2, -0.15) is 0 Å². The Hall–Kier alpha value is -4.24. The first-order valence-electron chi connectivity index (χ1n) is 35.3. The second kappa shape index (κ2) is 46.1. The molecule has 0 aliphatic carbocycles. The van der Waals surface area contributed by atoms with Crippen LogP contribution < -0.4 is 0 Å². The molecule has 10 saturated heterocycles. The summed E-state index contributed by atoms with van der Waals surface area (Å²) in [6, 6.07) is 0. The lowest BCUT2D eigenvalue weighted by atomic mass is 9.98. The van der Waals surface area contributed by atoms with Crippen molar-refractivity contribution in [3.63, 3.8) is 0 Å². The SMILES string of the molecule is O=C(O)[C@@]1(O)O[C@H](CO)[C@@H](O)[C@@H]1O.O=C(O)[C@@]1(O[C@H]2O[C@H](CO)[C@@H](O)[C@H](O)[C@H]2O)O[C@H](CO)[C@@H](O)[C@@H]1O.O=C(O)[C@H]1O[C@H](O)[C@H](O)[C@@H](O)[C@@H]1O.O=C(O)[C@H]1O[C@H](O[C@]2(CO)O[C@H](CO)[C@@H](O)[C@@H]2O)[C@H](O)[C@@H](O)[C@@H]1O.OC[C@H]1O[C@@](CO)(O[C@H]2O[C@H](CO)[C@@H](O)[C@H](O)[C@H]2O)[C@@H](O)[C@@H]1O.OC[C@H]1O[C@H](O)[C@H](O)[C@@H](O)[C@@H]1O.OC[C@H]1O[C@](O)(CO)[C@@H](O)[C@@H]1O. The Morgan fingerprint density at radius 1 is 0.248 bits per heavy atom. The first-order chi connectivity index (χ1) is 56.2. The number of hydrogen-bond acceptors (Lipinski definition) is 57. The highest BCUT2D eigenvalue weighted by atomic mass is 16.8. The van der Waals surface area contributed by atoms with Crippen LogP contribution in [-0.2, 0) is 80.8 Å². The Bertz CT molecular complexity index is 3110. The Morgan fingerprint density at radius 3 is 0.843 bits per heavy atom. The summed E-state index contributed by atoms with van der Waals surface area (Å²) in [6.45, 7) is -8.28. The topological polar surface area (TPSA) is 1080 Å². The third-order valence-corrected chi connectivity index (χ3v) is 19.7. The third kappa shape index (κ3) is 23.8. The summed E-state index contributed by atoms with van der Waals surface area (Å²) in [6.07, 6.45) is -66.1. The van der Waals surface area contributed by atoms with Gasteiger partial charge in [-0.25, -0.2) is 19.2 Å². The van der Waals surface area contributed by atoms with Gasteiger partial charge in [0.2, 0.25) is 17.4 Å². The van der Waals surface area contributed by atoms with Gasteiger partial charge in [0.15, 0.2) is 43.7 Å². The maximum absolute atomic E-state index is 11.5. The smallest absolute Gasteiger partial charge is 0.367 e. The minimum Gasteiger partial charge on any atom is -0.479 e. The Morgan fingerprint density at radius 2 is 0.537 bits per heavy atom. The van der Waals surface area contributed by atoms with Crippen molar-refractivity contribution in [3.05, 3.63) is 0 Å². The fraction of sp³-hybridized carbons (Fsp3) is 0.933. The van der Waals surface area contributed by atoms with Crippen LogP contribution in [0.3, 0.4) is 0 Å². The summed E-state index contributed by atoms with van der Waals surface area (Å²) in [5, 5.41) is 407. The molecule has 61 heteroatoms. The van der Waals surface area contributed by atoms with E-state index in [0.29, 0.717) is 0 Å². The number of rotatable bonds is 21. The Kier molecular flexibility index (Phi) is 41.6. The molecular formula is C60H106O61. The fourth-order valence-electron chi connectivity index (χ4n) is 12.3. The summed E-state index contributed by atoms with van der Waals surface area (Å²) in [4.78, 5) is 43.3. The first kappa shape index (κ1) is 109. The van der Waals surface area contributed by atoms with E-state index in [-0.39, 0.29) is 0 Å². The second-order valence-electron chi connectivity index (χ2n) is 27.7. The van der Waals surface area contributed by atoms with Gasteiger partial charge in [0, 0.05) is 0 Å². The predicted molar refractivity (Wildman–Crippen MR) is 352 cm³/mol. The number of carboxylic acid groups (broad SMARTS) is 4. The summed E-state index contributed by atoms with van der Waals surface area (Å²) < 4.78 is 63.3. The van der Waals surface area contributed by atoms with Crippen LogP contribution in [0.1, 0.15) is 0 Å². The number of hydrogen-bond donors (Lipinski definition) is 44. The van der Waals surface area contributed by atoms with Crippen molar-refractivity contribution in [2.45, 2.75) is 274 Å². The number of carboxylic acids is 4. The summed E-state index contributed by atoms with van der Waals surface area (Å²) in [7, 11) is 0. The highest BCUT2D eigenvalue weighted by Crippen LogP contribution is 2.41. The predicted octanol–water partition coefficient (Wildman–Crippen LogP) is -28.7. The zero-order valence-electron chi connectivity index (χ0n) is 62.0. The molecule has 0 aromatic carbocycles. The van der Waals surface area contributed by atoms with E-state index in [1.165, 1.54) is 0 Å². The molecule has 10 fully saturated rings. The maximum atomic E-state index is 11.5. The van der Waals surface area contributed by atoms with Crippen molar-refractivity contribution >= 4 is 23.9 Å². The van der Waals surface area contributed by atoms with Crippen LogP contribution in [0, 0.1) is 0 Å². The molecule has 10 aliphatic rings. The van der Waals surface area contributed by atoms with Crippen molar-refractivity contribution in [1.29, 1.82) is 0 Å². The minimum absolute atomic E-state index is 0.526. The highest BCUT2D eigenvalue weighted by Gasteiger charge is 2.66. The van der Waals surface area contributed by atoms with Gasteiger partial charge in [-0.15, -0.1) is 0 Å². The van der Waals surface area contributed by atoms with Gasteiger partial charge in [0.1, 0.15) is 215 Å². The van der Waals surface area contributed by atoms with Gasteiger partial charge >= 0.3 is 29.7 Å². The number of carbonyl (C=O) groups is 4. The lowest BCUT2D eigenvalue weighted by Gasteiger charge is -2.43. The molecule has 0 aromatic rings. The third-order valence-electron chi connectivity index (χ3n) is 19.7. The molecule has 0 bridgehead atoms. The molecule has 61 nitrogen and oxygen atoms in total.